The molecule has 2 unspecified atom stereocenters. The predicted octanol–water partition coefficient (Wildman–Crippen LogP) is 4.28. The monoisotopic (exact) mass is 629 g/mol. The third-order valence-corrected chi connectivity index (χ3v) is 9.27. The van der Waals surface area contributed by atoms with E-state index in [-0.39, 0.29) is 22.4 Å². The third-order valence-electron chi connectivity index (χ3n) is 5.38. The molecular weight excluding hydrogens is 596 g/mol. The molecule has 0 amide bonds. The van der Waals surface area contributed by atoms with Gasteiger partial charge in [0.05, 0.1) is 24.2 Å². The molecule has 1 fully saturated rings. The fraction of sp³-hybridized carbons (Fsp3) is 0.435. The summed E-state index contributed by atoms with van der Waals surface area (Å²) in [6, 6.07) is 22.4. The minimum absolute atomic E-state index is 0. The zero-order chi connectivity index (χ0) is 20.4. The van der Waals surface area contributed by atoms with Gasteiger partial charge in [0.1, 0.15) is 0 Å². The molecule has 3 rings (SSSR count). The van der Waals surface area contributed by atoms with Crippen LogP contribution < -0.4 is 16.3 Å². The largest absolute Gasteiger partial charge is 1.00 e. The van der Waals surface area contributed by atoms with Gasteiger partial charge in [0.25, 0.3) is 0 Å². The van der Waals surface area contributed by atoms with Gasteiger partial charge in [-0.05, 0) is 57.4 Å². The van der Waals surface area contributed by atoms with Gasteiger partial charge >= 0.3 is 22.4 Å². The number of benzene rings is 2. The fourth-order valence-electron chi connectivity index (χ4n) is 3.83. The predicted molar refractivity (Wildman–Crippen MR) is 134 cm³/mol. The maximum Gasteiger partial charge on any atom is 1.00 e. The van der Waals surface area contributed by atoms with Crippen LogP contribution >= 0.6 is 20.1 Å². The number of nitrogens with two attached hydrogens (primary N) is 1. The van der Waals surface area contributed by atoms with Crippen molar-refractivity contribution in [3.05, 3.63) is 60.7 Å². The quantitative estimate of drug-likeness (QED) is 0.232. The Morgan fingerprint density at radius 3 is 1.76 bits per heavy atom. The van der Waals surface area contributed by atoms with Gasteiger partial charge in [0, 0.05) is 19.1 Å². The Balaban J connectivity index is 0.000000403. The van der Waals surface area contributed by atoms with Gasteiger partial charge in [-0.15, -0.1) is 0 Å². The first kappa shape index (κ1) is 26.7. The van der Waals surface area contributed by atoms with Crippen molar-refractivity contribution in [1.29, 1.82) is 0 Å². The van der Waals surface area contributed by atoms with E-state index < -0.39 is 7.92 Å². The minimum atomic E-state index is -0.774. The van der Waals surface area contributed by atoms with Crippen LogP contribution in [0.1, 0.15) is 39.5 Å². The molecule has 2 aromatic carbocycles. The number of hydrogen-bond acceptors (Lipinski definition) is 3. The second-order valence-electron chi connectivity index (χ2n) is 7.14. The van der Waals surface area contributed by atoms with Crippen LogP contribution in [0.2, 0.25) is 0 Å². The summed E-state index contributed by atoms with van der Waals surface area (Å²) >= 11 is 9.51. The van der Waals surface area contributed by atoms with Crippen molar-refractivity contribution < 1.29 is 22.4 Å². The Kier molecular flexibility index (Phi) is 13.5. The topological polar surface area (TPSA) is 29.3 Å². The summed E-state index contributed by atoms with van der Waals surface area (Å²) in [7, 11) is -0.774. The summed E-state index contributed by atoms with van der Waals surface area (Å²) in [6.07, 6.45) is 5.13. The molecule has 2 aromatic rings. The van der Waals surface area contributed by atoms with E-state index in [0.29, 0.717) is 16.0 Å². The van der Waals surface area contributed by atoms with E-state index in [4.69, 9.17) is 30.6 Å². The molecule has 1 aliphatic carbocycles. The Morgan fingerprint density at radius 1 is 0.966 bits per heavy atom. The molecular formula is C23H33AuN2PS2+. The molecule has 0 radical (unpaired) electrons. The Bertz CT molecular complexity index is 659. The van der Waals surface area contributed by atoms with E-state index >= 15 is 0 Å². The van der Waals surface area contributed by atoms with Crippen molar-refractivity contribution in [2.45, 2.75) is 51.2 Å². The molecule has 6 heteroatoms. The second kappa shape index (κ2) is 14.6. The van der Waals surface area contributed by atoms with Gasteiger partial charge < -0.3 is 35.5 Å². The first-order chi connectivity index (χ1) is 13.6. The summed E-state index contributed by atoms with van der Waals surface area (Å²) in [4.78, 5) is 1.96. The number of thiocarbonyl (C=S) groups is 1. The molecule has 0 heterocycles. The molecule has 162 valence electrons. The average Bonchev–Trinajstić information content (AvgIpc) is 2.72. The smallest absolute Gasteiger partial charge is 0.411 e. The molecule has 1 aliphatic rings. The maximum atomic E-state index is 6.48. The fourth-order valence-corrected chi connectivity index (χ4v) is 7.73. The van der Waals surface area contributed by atoms with Gasteiger partial charge in [0.15, 0.2) is 0 Å². The molecule has 0 bridgehead atoms. The molecule has 1 saturated carbocycles. The van der Waals surface area contributed by atoms with Gasteiger partial charge in [0.2, 0.25) is 0 Å². The maximum absolute atomic E-state index is 6.48. The van der Waals surface area contributed by atoms with Gasteiger partial charge in [-0.1, -0.05) is 47.1 Å². The Morgan fingerprint density at radius 2 is 1.41 bits per heavy atom. The van der Waals surface area contributed by atoms with Gasteiger partial charge in [-0.2, -0.15) is 0 Å². The molecule has 2 atom stereocenters. The molecule has 0 spiro atoms. The standard InChI is InChI=1S/C18H22NP.C5H11NS2.Au/c19-17-13-7-8-14-18(17)20(15-9-3-1-4-10-15)16-11-5-2-6-12-16;1-3-6(4-2)5(7)8;/h1-6,9-12,17-18H,7-8,13-14,19H2;3-4H2,1-2H3,(H,7,8);/q;;+1. The van der Waals surface area contributed by atoms with E-state index in [1.807, 2.05) is 18.7 Å². The zero-order valence-electron chi connectivity index (χ0n) is 17.3. The normalized spacial score (nSPS) is 18.2. The molecule has 0 aromatic heterocycles. The van der Waals surface area contributed by atoms with Crippen molar-refractivity contribution in [2.75, 3.05) is 13.1 Å². The summed E-state index contributed by atoms with van der Waals surface area (Å²) in [6.45, 7) is 5.95. The molecule has 29 heavy (non-hydrogen) atoms. The Hall–Kier alpha value is -0.320. The van der Waals surface area contributed by atoms with Crippen LogP contribution in [0.15, 0.2) is 60.7 Å². The van der Waals surface area contributed by atoms with Gasteiger partial charge in [-0.3, -0.25) is 0 Å². The van der Waals surface area contributed by atoms with E-state index in [9.17, 15) is 0 Å². The molecule has 0 saturated heterocycles. The van der Waals surface area contributed by atoms with Crippen molar-refractivity contribution >= 4 is 47.7 Å². The van der Waals surface area contributed by atoms with E-state index in [1.165, 1.54) is 36.3 Å². The van der Waals surface area contributed by atoms with Crippen LogP contribution in [0, 0.1) is 0 Å². The number of rotatable bonds is 5. The van der Waals surface area contributed by atoms with E-state index in [2.05, 4.69) is 60.7 Å². The van der Waals surface area contributed by atoms with Crippen molar-refractivity contribution in [2.24, 2.45) is 5.73 Å². The minimum Gasteiger partial charge on any atom is -0.411 e. The number of hydrogen-bond donors (Lipinski definition) is 1. The molecule has 2 nitrogen and oxygen atoms in total. The van der Waals surface area contributed by atoms with Crippen LogP contribution in [0.5, 0.6) is 0 Å². The van der Waals surface area contributed by atoms with Gasteiger partial charge in [-0.25, -0.2) is 0 Å². The number of nitrogens with zero attached hydrogens (tertiary/aromatic N) is 1. The summed E-state index contributed by atoms with van der Waals surface area (Å²) < 4.78 is 0.579. The van der Waals surface area contributed by atoms with E-state index in [0.717, 1.165) is 13.1 Å². The van der Waals surface area contributed by atoms with E-state index in [1.54, 1.807) is 0 Å². The van der Waals surface area contributed by atoms with Crippen LogP contribution in [0.3, 0.4) is 0 Å². The van der Waals surface area contributed by atoms with Crippen molar-refractivity contribution in [1.82, 2.24) is 4.90 Å². The first-order valence-corrected chi connectivity index (χ1v) is 12.7. The van der Waals surface area contributed by atoms with Crippen LogP contribution in [0.25, 0.3) is 0 Å². The van der Waals surface area contributed by atoms with Crippen molar-refractivity contribution in [3.63, 3.8) is 0 Å². The Labute approximate surface area is 204 Å². The van der Waals surface area contributed by atoms with Crippen molar-refractivity contribution in [3.8, 4) is 0 Å². The summed E-state index contributed by atoms with van der Waals surface area (Å²) in [5.74, 6) is 0. The summed E-state index contributed by atoms with van der Waals surface area (Å²) in [5.41, 5.74) is 7.15. The van der Waals surface area contributed by atoms with Crippen LogP contribution in [-0.4, -0.2) is 34.0 Å². The summed E-state index contributed by atoms with van der Waals surface area (Å²) in [5, 5.41) is 3.01. The third kappa shape index (κ3) is 8.38. The molecule has 2 N–H and O–H groups in total. The SMILES string of the molecule is CCN(CC)C(=S)[S-].NC1CCCCC1[PH+](c1ccccc1)c1ccccc1.[Au+]. The van der Waals surface area contributed by atoms with Crippen LogP contribution in [0.4, 0.5) is 0 Å². The van der Waals surface area contributed by atoms with Crippen LogP contribution in [-0.2, 0) is 35.0 Å². The molecule has 0 aliphatic heterocycles. The average molecular weight is 630 g/mol. The first-order valence-electron chi connectivity index (χ1n) is 10.3. The second-order valence-corrected chi connectivity index (χ2v) is 10.9. The zero-order valence-corrected chi connectivity index (χ0v) is 22.1.